The molecule has 0 aliphatic heterocycles. The van der Waals surface area contributed by atoms with Crippen molar-refractivity contribution in [3.05, 3.63) is 35.9 Å². The van der Waals surface area contributed by atoms with E-state index in [2.05, 4.69) is 50.2 Å². The monoisotopic (exact) mass is 278 g/mol. The van der Waals surface area contributed by atoms with Crippen molar-refractivity contribution in [1.82, 2.24) is 10.2 Å². The van der Waals surface area contributed by atoms with Gasteiger partial charge in [0.05, 0.1) is 12.1 Å². The summed E-state index contributed by atoms with van der Waals surface area (Å²) in [6, 6.07) is 10.8. The molecule has 1 rings (SSSR count). The average Bonchev–Trinajstić information content (AvgIpc) is 2.51. The van der Waals surface area contributed by atoms with Crippen LogP contribution >= 0.6 is 0 Å². The quantitative estimate of drug-likeness (QED) is 0.729. The van der Waals surface area contributed by atoms with Crippen LogP contribution in [0.1, 0.15) is 39.2 Å². The number of aliphatic hydroxyl groups is 1. The van der Waals surface area contributed by atoms with Crippen molar-refractivity contribution in [1.29, 1.82) is 0 Å². The third-order valence-corrected chi connectivity index (χ3v) is 4.17. The zero-order valence-corrected chi connectivity index (χ0v) is 13.4. The molecule has 0 aliphatic carbocycles. The smallest absolute Gasteiger partial charge is 0.0797 e. The van der Waals surface area contributed by atoms with E-state index < -0.39 is 0 Å². The molecule has 3 heteroatoms. The van der Waals surface area contributed by atoms with Crippen LogP contribution in [0.25, 0.3) is 0 Å². The fourth-order valence-corrected chi connectivity index (χ4v) is 2.46. The molecule has 0 saturated carbocycles. The van der Waals surface area contributed by atoms with E-state index in [9.17, 15) is 5.11 Å². The molecule has 20 heavy (non-hydrogen) atoms. The third-order valence-electron chi connectivity index (χ3n) is 4.17. The van der Waals surface area contributed by atoms with Gasteiger partial charge in [-0.2, -0.15) is 0 Å². The molecule has 0 amide bonds. The molecule has 2 atom stereocenters. The molecule has 0 bridgehead atoms. The van der Waals surface area contributed by atoms with Gasteiger partial charge in [0.15, 0.2) is 0 Å². The number of nitrogens with zero attached hydrogens (tertiary/aromatic N) is 1. The van der Waals surface area contributed by atoms with E-state index in [0.717, 1.165) is 31.5 Å². The molecule has 0 saturated heterocycles. The van der Waals surface area contributed by atoms with E-state index in [4.69, 9.17) is 0 Å². The van der Waals surface area contributed by atoms with Gasteiger partial charge in [-0.05, 0) is 38.9 Å². The van der Waals surface area contributed by atoms with Crippen LogP contribution in [0.3, 0.4) is 0 Å². The molecule has 0 aliphatic rings. The van der Waals surface area contributed by atoms with Gasteiger partial charge < -0.3 is 15.3 Å². The van der Waals surface area contributed by atoms with Crippen molar-refractivity contribution in [3.63, 3.8) is 0 Å². The summed E-state index contributed by atoms with van der Waals surface area (Å²) in [5.41, 5.74) is 0.779. The van der Waals surface area contributed by atoms with Crippen molar-refractivity contribution in [2.45, 2.75) is 45.2 Å². The molecule has 1 aromatic rings. The topological polar surface area (TPSA) is 35.5 Å². The summed E-state index contributed by atoms with van der Waals surface area (Å²) in [6.07, 6.45) is 2.17. The van der Waals surface area contributed by atoms with Crippen molar-refractivity contribution >= 4 is 0 Å². The van der Waals surface area contributed by atoms with E-state index in [1.54, 1.807) is 0 Å². The molecular formula is C17H30N2O. The number of aliphatic hydroxyl groups excluding tert-OH is 1. The zero-order valence-electron chi connectivity index (χ0n) is 13.4. The van der Waals surface area contributed by atoms with Crippen LogP contribution in [0.5, 0.6) is 0 Å². The molecule has 2 N–H and O–H groups in total. The highest BCUT2D eigenvalue weighted by Crippen LogP contribution is 2.23. The van der Waals surface area contributed by atoms with Gasteiger partial charge >= 0.3 is 0 Å². The lowest BCUT2D eigenvalue weighted by Gasteiger charge is -2.39. The maximum absolute atomic E-state index is 10.1. The Morgan fingerprint density at radius 1 is 1.25 bits per heavy atom. The Hall–Kier alpha value is -0.900. The van der Waals surface area contributed by atoms with Gasteiger partial charge in [0.25, 0.3) is 0 Å². The van der Waals surface area contributed by atoms with E-state index in [0.29, 0.717) is 6.04 Å². The second-order valence-electron chi connectivity index (χ2n) is 5.71. The highest BCUT2D eigenvalue weighted by molar-refractivity contribution is 5.25. The minimum absolute atomic E-state index is 0.109. The molecule has 0 fully saturated rings. The van der Waals surface area contributed by atoms with Crippen LogP contribution < -0.4 is 5.32 Å². The normalized spacial score (nSPS) is 16.1. The Morgan fingerprint density at radius 2 is 1.90 bits per heavy atom. The fraction of sp³-hybridized carbons (Fsp3) is 0.647. The van der Waals surface area contributed by atoms with Crippen LogP contribution in [0.15, 0.2) is 30.3 Å². The molecule has 0 aromatic heterocycles. The molecule has 3 nitrogen and oxygen atoms in total. The third kappa shape index (κ3) is 4.30. The summed E-state index contributed by atoms with van der Waals surface area (Å²) in [5, 5.41) is 13.6. The molecule has 2 unspecified atom stereocenters. The number of rotatable bonds is 9. The van der Waals surface area contributed by atoms with Crippen molar-refractivity contribution in [3.8, 4) is 0 Å². The first kappa shape index (κ1) is 17.2. The van der Waals surface area contributed by atoms with Gasteiger partial charge in [-0.25, -0.2) is 0 Å². The summed E-state index contributed by atoms with van der Waals surface area (Å²) in [5.74, 6) is 0. The number of nitrogens with one attached hydrogen (secondary N) is 1. The molecular weight excluding hydrogens is 248 g/mol. The molecule has 1 aromatic carbocycles. The lowest BCUT2D eigenvalue weighted by molar-refractivity contribution is 0.101. The first-order chi connectivity index (χ1) is 9.59. The van der Waals surface area contributed by atoms with Crippen molar-refractivity contribution in [2.24, 2.45) is 0 Å². The molecule has 0 heterocycles. The van der Waals surface area contributed by atoms with Gasteiger partial charge in [0, 0.05) is 12.6 Å². The number of hydrogen-bond donors (Lipinski definition) is 2. The van der Waals surface area contributed by atoms with Crippen LogP contribution in [0, 0.1) is 0 Å². The van der Waals surface area contributed by atoms with E-state index in [1.165, 1.54) is 0 Å². The van der Waals surface area contributed by atoms with Gasteiger partial charge in [-0.3, -0.25) is 0 Å². The molecule has 0 spiro atoms. The highest BCUT2D eigenvalue weighted by atomic mass is 16.3. The van der Waals surface area contributed by atoms with Crippen LogP contribution in [0.2, 0.25) is 0 Å². The Balaban J connectivity index is 2.99. The van der Waals surface area contributed by atoms with Crippen molar-refractivity contribution in [2.75, 3.05) is 26.7 Å². The SMILES string of the molecule is CCCNC(CO)(CN(C)C(C)CC)c1ccccc1. The van der Waals surface area contributed by atoms with E-state index in [-0.39, 0.29) is 12.1 Å². The fourth-order valence-electron chi connectivity index (χ4n) is 2.46. The number of hydrogen-bond acceptors (Lipinski definition) is 3. The predicted octanol–water partition coefficient (Wildman–Crippen LogP) is 2.60. The average molecular weight is 278 g/mol. The first-order valence-corrected chi connectivity index (χ1v) is 7.71. The predicted molar refractivity (Wildman–Crippen MR) is 85.9 cm³/mol. The minimum Gasteiger partial charge on any atom is -0.394 e. The largest absolute Gasteiger partial charge is 0.394 e. The lowest BCUT2D eigenvalue weighted by Crippen LogP contribution is -2.54. The van der Waals surface area contributed by atoms with E-state index >= 15 is 0 Å². The summed E-state index contributed by atoms with van der Waals surface area (Å²) in [6.45, 7) is 8.40. The first-order valence-electron chi connectivity index (χ1n) is 7.71. The zero-order chi connectivity index (χ0) is 15.0. The molecule has 0 radical (unpaired) electrons. The summed E-state index contributed by atoms with van der Waals surface area (Å²) in [4.78, 5) is 2.33. The Bertz CT molecular complexity index is 369. The summed E-state index contributed by atoms with van der Waals surface area (Å²) in [7, 11) is 2.13. The van der Waals surface area contributed by atoms with Crippen LogP contribution in [-0.2, 0) is 5.54 Å². The van der Waals surface area contributed by atoms with Crippen LogP contribution in [-0.4, -0.2) is 42.8 Å². The van der Waals surface area contributed by atoms with Gasteiger partial charge in [-0.15, -0.1) is 0 Å². The second-order valence-corrected chi connectivity index (χ2v) is 5.71. The Morgan fingerprint density at radius 3 is 2.40 bits per heavy atom. The Labute approximate surface area is 124 Å². The van der Waals surface area contributed by atoms with Crippen molar-refractivity contribution < 1.29 is 5.11 Å². The maximum atomic E-state index is 10.1. The Kier molecular flexibility index (Phi) is 7.20. The maximum Gasteiger partial charge on any atom is 0.0797 e. The van der Waals surface area contributed by atoms with Gasteiger partial charge in [0.1, 0.15) is 0 Å². The lowest BCUT2D eigenvalue weighted by atomic mass is 9.89. The standard InChI is InChI=1S/C17H30N2O/c1-5-12-18-17(14-20,13-19(4)15(3)6-2)16-10-8-7-9-11-16/h7-11,15,18,20H,5-6,12-14H2,1-4H3. The molecule has 114 valence electrons. The number of benzene rings is 1. The van der Waals surface area contributed by atoms with Gasteiger partial charge in [0.2, 0.25) is 0 Å². The minimum atomic E-state index is -0.380. The summed E-state index contributed by atoms with van der Waals surface area (Å²) >= 11 is 0. The highest BCUT2D eigenvalue weighted by Gasteiger charge is 2.32. The number of likely N-dealkylation sites (N-methyl/N-ethyl adjacent to an activating group) is 1. The van der Waals surface area contributed by atoms with E-state index in [1.807, 2.05) is 18.2 Å². The second kappa shape index (κ2) is 8.40. The summed E-state index contributed by atoms with van der Waals surface area (Å²) < 4.78 is 0. The van der Waals surface area contributed by atoms with Gasteiger partial charge in [-0.1, -0.05) is 44.2 Å². The van der Waals surface area contributed by atoms with Crippen LogP contribution in [0.4, 0.5) is 0 Å².